The Hall–Kier alpha value is -2.21. The second-order valence-corrected chi connectivity index (χ2v) is 4.07. The second kappa shape index (κ2) is 5.19. The number of amides is 1. The summed E-state index contributed by atoms with van der Waals surface area (Å²) in [5.41, 5.74) is 0.433. The highest BCUT2D eigenvalue weighted by Gasteiger charge is 2.13. The molecule has 0 aliphatic carbocycles. The van der Waals surface area contributed by atoms with Gasteiger partial charge in [0.05, 0.1) is 10.7 Å². The molecule has 1 aromatic heterocycles. The largest absolute Gasteiger partial charge is 0.506 e. The number of halogens is 2. The Morgan fingerprint density at radius 3 is 2.68 bits per heavy atom. The highest BCUT2D eigenvalue weighted by atomic mass is 35.5. The van der Waals surface area contributed by atoms with Gasteiger partial charge in [0.15, 0.2) is 5.69 Å². The molecule has 0 bridgehead atoms. The molecule has 0 aliphatic rings. The number of hydrogen-bond donors (Lipinski definition) is 2. The quantitative estimate of drug-likeness (QED) is 0.883. The van der Waals surface area contributed by atoms with E-state index < -0.39 is 5.82 Å². The molecule has 98 valence electrons. The lowest BCUT2D eigenvalue weighted by molar-refractivity contribution is 0.0957. The lowest BCUT2D eigenvalue weighted by Gasteiger charge is -2.05. The summed E-state index contributed by atoms with van der Waals surface area (Å²) in [5, 5.41) is 19.1. The maximum Gasteiger partial charge on any atom is 0.271 e. The Balaban J connectivity index is 2.43. The van der Waals surface area contributed by atoms with Gasteiger partial charge in [0.2, 0.25) is 0 Å². The van der Waals surface area contributed by atoms with Gasteiger partial charge in [0.25, 0.3) is 5.91 Å². The Morgan fingerprint density at radius 2 is 2.11 bits per heavy atom. The molecule has 0 spiro atoms. The molecule has 1 aromatic carbocycles. The van der Waals surface area contributed by atoms with Crippen LogP contribution >= 0.6 is 11.6 Å². The number of carbonyl (C=O) groups is 1. The van der Waals surface area contributed by atoms with Crippen LogP contribution < -0.4 is 5.32 Å². The molecule has 0 aliphatic heterocycles. The predicted octanol–water partition coefficient (Wildman–Crippen LogP) is 2.00. The van der Waals surface area contributed by atoms with E-state index in [1.165, 1.54) is 25.2 Å². The van der Waals surface area contributed by atoms with Crippen molar-refractivity contribution in [1.82, 2.24) is 15.5 Å². The van der Waals surface area contributed by atoms with Crippen molar-refractivity contribution in [2.75, 3.05) is 7.05 Å². The van der Waals surface area contributed by atoms with Crippen molar-refractivity contribution in [3.63, 3.8) is 0 Å². The molecular formula is C12H9ClFN3O2. The van der Waals surface area contributed by atoms with Gasteiger partial charge in [-0.1, -0.05) is 11.6 Å². The third kappa shape index (κ3) is 2.63. The summed E-state index contributed by atoms with van der Waals surface area (Å²) >= 11 is 5.71. The molecule has 2 aromatic rings. The first kappa shape index (κ1) is 13.2. The second-order valence-electron chi connectivity index (χ2n) is 3.67. The number of carbonyl (C=O) groups excluding carboxylic acids is 1. The number of hydrogen-bond acceptors (Lipinski definition) is 4. The van der Waals surface area contributed by atoms with E-state index in [1.807, 2.05) is 0 Å². The molecule has 0 unspecified atom stereocenters. The third-order valence-corrected chi connectivity index (χ3v) is 2.74. The number of phenols is 1. The summed E-state index contributed by atoms with van der Waals surface area (Å²) in [6.07, 6.45) is 0. The Labute approximate surface area is 113 Å². The van der Waals surface area contributed by atoms with E-state index in [-0.39, 0.29) is 33.6 Å². The number of aromatic hydroxyl groups is 1. The van der Waals surface area contributed by atoms with Crippen molar-refractivity contribution in [1.29, 1.82) is 0 Å². The van der Waals surface area contributed by atoms with Gasteiger partial charge in [0.1, 0.15) is 11.6 Å². The fourth-order valence-electron chi connectivity index (χ4n) is 1.46. The number of nitrogens with zero attached hydrogens (tertiary/aromatic N) is 2. The molecule has 2 N–H and O–H groups in total. The van der Waals surface area contributed by atoms with Crippen LogP contribution in [0.4, 0.5) is 4.39 Å². The van der Waals surface area contributed by atoms with Gasteiger partial charge >= 0.3 is 0 Å². The maximum absolute atomic E-state index is 13.7. The van der Waals surface area contributed by atoms with E-state index in [1.54, 1.807) is 0 Å². The van der Waals surface area contributed by atoms with Gasteiger partial charge in [-0.15, -0.1) is 10.2 Å². The number of nitrogens with one attached hydrogen (secondary N) is 1. The predicted molar refractivity (Wildman–Crippen MR) is 67.5 cm³/mol. The van der Waals surface area contributed by atoms with Gasteiger partial charge in [-0.05, 0) is 18.2 Å². The van der Waals surface area contributed by atoms with Crippen LogP contribution in [0.5, 0.6) is 5.75 Å². The van der Waals surface area contributed by atoms with E-state index in [9.17, 15) is 14.3 Å². The van der Waals surface area contributed by atoms with Crippen LogP contribution in [0.15, 0.2) is 24.3 Å². The van der Waals surface area contributed by atoms with Crippen LogP contribution in [0, 0.1) is 5.82 Å². The van der Waals surface area contributed by atoms with Crippen LogP contribution in [0.2, 0.25) is 5.02 Å². The third-order valence-electron chi connectivity index (χ3n) is 2.44. The van der Waals surface area contributed by atoms with Gasteiger partial charge in [-0.2, -0.15) is 0 Å². The topological polar surface area (TPSA) is 75.1 Å². The molecular weight excluding hydrogens is 273 g/mol. The van der Waals surface area contributed by atoms with Crippen LogP contribution in [0.25, 0.3) is 11.3 Å². The average Bonchev–Trinajstić information content (AvgIpc) is 2.42. The van der Waals surface area contributed by atoms with Gasteiger partial charge < -0.3 is 10.4 Å². The molecule has 19 heavy (non-hydrogen) atoms. The molecule has 0 radical (unpaired) electrons. The van der Waals surface area contributed by atoms with E-state index >= 15 is 0 Å². The van der Waals surface area contributed by atoms with Crippen molar-refractivity contribution >= 4 is 17.5 Å². The van der Waals surface area contributed by atoms with Crippen molar-refractivity contribution in [3.8, 4) is 17.0 Å². The summed E-state index contributed by atoms with van der Waals surface area (Å²) in [5.74, 6) is -1.41. The smallest absolute Gasteiger partial charge is 0.271 e. The molecule has 1 amide bonds. The standard InChI is InChI=1S/C12H9ClFN3O2/c1-15-12(19)10-3-2-9(16-17-10)6-4-7(13)11(18)5-8(6)14/h2-5,18H,1H3,(H,15,19). The van der Waals surface area contributed by atoms with E-state index in [0.29, 0.717) is 0 Å². The van der Waals surface area contributed by atoms with Crippen LogP contribution in [0.1, 0.15) is 10.5 Å². The first-order valence-electron chi connectivity index (χ1n) is 5.27. The summed E-state index contributed by atoms with van der Waals surface area (Å²) < 4.78 is 13.7. The van der Waals surface area contributed by atoms with E-state index in [0.717, 1.165) is 6.07 Å². The highest BCUT2D eigenvalue weighted by molar-refractivity contribution is 6.32. The monoisotopic (exact) mass is 281 g/mol. The normalized spacial score (nSPS) is 10.3. The van der Waals surface area contributed by atoms with Gasteiger partial charge in [0, 0.05) is 18.7 Å². The molecule has 2 rings (SSSR count). The molecule has 0 saturated heterocycles. The minimum atomic E-state index is -0.677. The zero-order valence-electron chi connectivity index (χ0n) is 9.82. The van der Waals surface area contributed by atoms with Crippen LogP contribution in [0.3, 0.4) is 0 Å². The molecule has 7 heteroatoms. The summed E-state index contributed by atoms with van der Waals surface area (Å²) in [4.78, 5) is 11.3. The van der Waals surface area contributed by atoms with Gasteiger partial charge in [-0.25, -0.2) is 4.39 Å². The van der Waals surface area contributed by atoms with E-state index in [2.05, 4.69) is 15.5 Å². The summed E-state index contributed by atoms with van der Waals surface area (Å²) in [7, 11) is 1.47. The van der Waals surface area contributed by atoms with Crippen molar-refractivity contribution < 1.29 is 14.3 Å². The first-order valence-corrected chi connectivity index (χ1v) is 5.65. The number of benzene rings is 1. The molecule has 5 nitrogen and oxygen atoms in total. The fraction of sp³-hybridized carbons (Fsp3) is 0.0833. The minimum absolute atomic E-state index is 0.00794. The summed E-state index contributed by atoms with van der Waals surface area (Å²) in [6, 6.07) is 5.01. The first-order chi connectivity index (χ1) is 9.02. The van der Waals surface area contributed by atoms with Gasteiger partial charge in [-0.3, -0.25) is 4.79 Å². The zero-order valence-corrected chi connectivity index (χ0v) is 10.6. The van der Waals surface area contributed by atoms with Crippen molar-refractivity contribution in [2.45, 2.75) is 0 Å². The summed E-state index contributed by atoms with van der Waals surface area (Å²) in [6.45, 7) is 0. The van der Waals surface area contributed by atoms with E-state index in [4.69, 9.17) is 11.6 Å². The Kier molecular flexibility index (Phi) is 3.62. The molecule has 0 atom stereocenters. The highest BCUT2D eigenvalue weighted by Crippen LogP contribution is 2.31. The zero-order chi connectivity index (χ0) is 14.0. The molecule has 1 heterocycles. The maximum atomic E-state index is 13.7. The SMILES string of the molecule is CNC(=O)c1ccc(-c2cc(Cl)c(O)cc2F)nn1. The Morgan fingerprint density at radius 1 is 1.37 bits per heavy atom. The van der Waals surface area contributed by atoms with Crippen LogP contribution in [-0.2, 0) is 0 Å². The lowest BCUT2D eigenvalue weighted by Crippen LogP contribution is -2.19. The minimum Gasteiger partial charge on any atom is -0.506 e. The fourth-order valence-corrected chi connectivity index (χ4v) is 1.62. The lowest BCUT2D eigenvalue weighted by atomic mass is 10.1. The van der Waals surface area contributed by atoms with Crippen LogP contribution in [-0.4, -0.2) is 28.3 Å². The van der Waals surface area contributed by atoms with Crippen molar-refractivity contribution in [3.05, 3.63) is 40.8 Å². The van der Waals surface area contributed by atoms with Crippen molar-refractivity contribution in [2.24, 2.45) is 0 Å². The molecule has 0 fully saturated rings. The molecule has 0 saturated carbocycles. The Bertz CT molecular complexity index is 632. The average molecular weight is 282 g/mol. The number of rotatable bonds is 2. The number of aromatic nitrogens is 2. The number of phenolic OH excluding ortho intramolecular Hbond substituents is 1.